The third-order valence-electron chi connectivity index (χ3n) is 7.47. The lowest BCUT2D eigenvalue weighted by atomic mass is 9.48. The Morgan fingerprint density at radius 3 is 2.35 bits per heavy atom. The van der Waals surface area contributed by atoms with Crippen LogP contribution in [0, 0.1) is 23.2 Å². The van der Waals surface area contributed by atoms with Gasteiger partial charge in [-0.05, 0) is 74.5 Å². The standard InChI is InChI=1S/C21H24BrNO3/c1-23-17-3-2-15(22)7-16(17)21(26,19(23)25)11-18(24)20-8-12-4-13(9-20)6-14(5-12)10-20/h2-3,7,12-14,26H,4-6,8-11H2,1H3/t12?,13?,14?,20?,21-/m0/s1. The number of Topliss-reactive ketones (excluding diaryl/α,β-unsaturated/α-hetero) is 1. The molecule has 4 bridgehead atoms. The Balaban J connectivity index is 1.49. The van der Waals surface area contributed by atoms with E-state index in [9.17, 15) is 14.7 Å². The summed E-state index contributed by atoms with van der Waals surface area (Å²) in [6, 6.07) is 5.46. The molecule has 6 rings (SSSR count). The lowest BCUT2D eigenvalue weighted by Crippen LogP contribution is -2.52. The maximum absolute atomic E-state index is 13.5. The highest BCUT2D eigenvalue weighted by Gasteiger charge is 2.57. The zero-order chi connectivity index (χ0) is 18.3. The van der Waals surface area contributed by atoms with Gasteiger partial charge in [-0.1, -0.05) is 15.9 Å². The summed E-state index contributed by atoms with van der Waals surface area (Å²) in [6.07, 6.45) is 6.61. The molecule has 5 heteroatoms. The van der Waals surface area contributed by atoms with Crippen molar-refractivity contribution < 1.29 is 14.7 Å². The van der Waals surface area contributed by atoms with Crippen molar-refractivity contribution in [2.24, 2.45) is 23.2 Å². The molecule has 5 aliphatic rings. The third-order valence-corrected chi connectivity index (χ3v) is 7.96. The fraction of sp³-hybridized carbons (Fsp3) is 0.619. The zero-order valence-electron chi connectivity index (χ0n) is 15.0. The van der Waals surface area contributed by atoms with Gasteiger partial charge < -0.3 is 10.0 Å². The van der Waals surface area contributed by atoms with E-state index < -0.39 is 5.60 Å². The second kappa shape index (κ2) is 5.41. The largest absolute Gasteiger partial charge is 0.375 e. The van der Waals surface area contributed by atoms with Crippen LogP contribution in [0.15, 0.2) is 22.7 Å². The van der Waals surface area contributed by atoms with Crippen LogP contribution >= 0.6 is 15.9 Å². The van der Waals surface area contributed by atoms with E-state index >= 15 is 0 Å². The van der Waals surface area contributed by atoms with Gasteiger partial charge in [0, 0.05) is 28.9 Å². The van der Waals surface area contributed by atoms with E-state index in [4.69, 9.17) is 0 Å². The van der Waals surface area contributed by atoms with Gasteiger partial charge >= 0.3 is 0 Å². The number of halogens is 1. The van der Waals surface area contributed by atoms with Crippen molar-refractivity contribution in [3.8, 4) is 0 Å². The molecule has 1 aliphatic heterocycles. The van der Waals surface area contributed by atoms with Crippen molar-refractivity contribution in [3.63, 3.8) is 0 Å². The van der Waals surface area contributed by atoms with Crippen LogP contribution in [0.5, 0.6) is 0 Å². The molecule has 0 radical (unpaired) electrons. The van der Waals surface area contributed by atoms with Crippen LogP contribution in [0.4, 0.5) is 5.69 Å². The molecule has 1 N–H and O–H groups in total. The Kier molecular flexibility index (Phi) is 3.53. The third kappa shape index (κ3) is 2.22. The molecule has 1 aromatic carbocycles. The molecular formula is C21H24BrNO3. The normalized spacial score (nSPS) is 40.2. The summed E-state index contributed by atoms with van der Waals surface area (Å²) in [5.74, 6) is 1.73. The highest BCUT2D eigenvalue weighted by atomic mass is 79.9. The van der Waals surface area contributed by atoms with Crippen LogP contribution in [0.3, 0.4) is 0 Å². The number of likely N-dealkylation sites (N-methyl/N-ethyl adjacent to an activating group) is 1. The molecule has 4 saturated carbocycles. The van der Waals surface area contributed by atoms with Gasteiger partial charge in [0.1, 0.15) is 5.78 Å². The number of rotatable bonds is 3. The van der Waals surface area contributed by atoms with Gasteiger partial charge in [-0.2, -0.15) is 0 Å². The molecule has 0 aromatic heterocycles. The molecular weight excluding hydrogens is 394 g/mol. The molecule has 4 fully saturated rings. The lowest BCUT2D eigenvalue weighted by Gasteiger charge is -2.56. The van der Waals surface area contributed by atoms with Crippen molar-refractivity contribution in [1.29, 1.82) is 0 Å². The quantitative estimate of drug-likeness (QED) is 0.813. The Hall–Kier alpha value is -1.20. The SMILES string of the molecule is CN1C(=O)[C@](O)(CC(=O)C23CC4CC(CC(C4)C2)C3)c2cc(Br)ccc21. The summed E-state index contributed by atoms with van der Waals surface area (Å²) in [6.45, 7) is 0. The first kappa shape index (κ1) is 16.9. The van der Waals surface area contributed by atoms with Gasteiger partial charge in [-0.3, -0.25) is 9.59 Å². The fourth-order valence-corrected chi connectivity index (χ4v) is 7.04. The predicted octanol–water partition coefficient (Wildman–Crippen LogP) is 3.79. The smallest absolute Gasteiger partial charge is 0.263 e. The Morgan fingerprint density at radius 2 is 1.77 bits per heavy atom. The van der Waals surface area contributed by atoms with Gasteiger partial charge in [-0.25, -0.2) is 0 Å². The average molecular weight is 418 g/mol. The summed E-state index contributed by atoms with van der Waals surface area (Å²) in [7, 11) is 1.67. The summed E-state index contributed by atoms with van der Waals surface area (Å²) in [4.78, 5) is 27.8. The zero-order valence-corrected chi connectivity index (χ0v) is 16.6. The Labute approximate surface area is 162 Å². The number of hydrogen-bond acceptors (Lipinski definition) is 3. The van der Waals surface area contributed by atoms with Gasteiger partial charge in [-0.15, -0.1) is 0 Å². The summed E-state index contributed by atoms with van der Waals surface area (Å²) in [5.41, 5.74) is -0.775. The summed E-state index contributed by atoms with van der Waals surface area (Å²) < 4.78 is 0.806. The molecule has 1 heterocycles. The van der Waals surface area contributed by atoms with E-state index in [-0.39, 0.29) is 23.5 Å². The van der Waals surface area contributed by atoms with Crippen molar-refractivity contribution >= 4 is 33.3 Å². The Bertz CT molecular complexity index is 784. The highest BCUT2D eigenvalue weighted by Crippen LogP contribution is 2.61. The number of fused-ring (bicyclic) bond motifs is 1. The van der Waals surface area contributed by atoms with E-state index in [0.29, 0.717) is 29.0 Å². The number of benzene rings is 1. The number of aliphatic hydroxyl groups is 1. The number of amides is 1. The molecule has 1 atom stereocenters. The number of carbonyl (C=O) groups is 2. The van der Waals surface area contributed by atoms with E-state index in [2.05, 4.69) is 15.9 Å². The molecule has 0 spiro atoms. The van der Waals surface area contributed by atoms with Gasteiger partial charge in [0.05, 0.1) is 5.69 Å². The number of carbonyl (C=O) groups excluding carboxylic acids is 2. The lowest BCUT2D eigenvalue weighted by molar-refractivity contribution is -0.154. The number of anilines is 1. The first-order chi connectivity index (χ1) is 12.3. The highest BCUT2D eigenvalue weighted by molar-refractivity contribution is 9.10. The van der Waals surface area contributed by atoms with Crippen LogP contribution in [-0.2, 0) is 15.2 Å². The van der Waals surface area contributed by atoms with Crippen LogP contribution in [0.25, 0.3) is 0 Å². The molecule has 1 aromatic rings. The first-order valence-corrected chi connectivity index (χ1v) is 10.4. The number of nitrogens with zero attached hydrogens (tertiary/aromatic N) is 1. The van der Waals surface area contributed by atoms with Gasteiger partial charge in [0.15, 0.2) is 5.60 Å². The maximum Gasteiger partial charge on any atom is 0.263 e. The van der Waals surface area contributed by atoms with E-state index in [1.165, 1.54) is 24.2 Å². The molecule has 26 heavy (non-hydrogen) atoms. The van der Waals surface area contributed by atoms with Gasteiger partial charge in [0.2, 0.25) is 0 Å². The summed E-state index contributed by atoms with van der Waals surface area (Å²) in [5, 5.41) is 11.3. The number of ketones is 1. The summed E-state index contributed by atoms with van der Waals surface area (Å²) >= 11 is 3.43. The Morgan fingerprint density at radius 1 is 1.19 bits per heavy atom. The van der Waals surface area contributed by atoms with Crippen LogP contribution in [0.1, 0.15) is 50.5 Å². The topological polar surface area (TPSA) is 57.6 Å². The molecule has 138 valence electrons. The van der Waals surface area contributed by atoms with E-state index in [1.54, 1.807) is 13.1 Å². The van der Waals surface area contributed by atoms with Crippen molar-refractivity contribution in [2.75, 3.05) is 11.9 Å². The molecule has 0 unspecified atom stereocenters. The van der Waals surface area contributed by atoms with Crippen LogP contribution in [-0.4, -0.2) is 23.8 Å². The second-order valence-electron chi connectivity index (χ2n) is 9.18. The van der Waals surface area contributed by atoms with Gasteiger partial charge in [0.25, 0.3) is 5.91 Å². The minimum absolute atomic E-state index is 0.0915. The minimum Gasteiger partial charge on any atom is -0.375 e. The molecule has 0 saturated heterocycles. The number of hydrogen-bond donors (Lipinski definition) is 1. The van der Waals surface area contributed by atoms with E-state index in [0.717, 1.165) is 23.7 Å². The average Bonchev–Trinajstić information content (AvgIpc) is 2.75. The van der Waals surface area contributed by atoms with Crippen LogP contribution < -0.4 is 4.90 Å². The molecule has 1 amide bonds. The van der Waals surface area contributed by atoms with Crippen molar-refractivity contribution in [2.45, 2.75) is 50.5 Å². The fourth-order valence-electron chi connectivity index (χ4n) is 6.68. The van der Waals surface area contributed by atoms with E-state index in [1.807, 2.05) is 12.1 Å². The predicted molar refractivity (Wildman–Crippen MR) is 102 cm³/mol. The van der Waals surface area contributed by atoms with Crippen molar-refractivity contribution in [1.82, 2.24) is 0 Å². The maximum atomic E-state index is 13.5. The first-order valence-electron chi connectivity index (χ1n) is 9.65. The monoisotopic (exact) mass is 417 g/mol. The molecule has 4 aliphatic carbocycles. The molecule has 4 nitrogen and oxygen atoms in total. The minimum atomic E-state index is -1.73. The van der Waals surface area contributed by atoms with Crippen LogP contribution in [0.2, 0.25) is 0 Å². The second-order valence-corrected chi connectivity index (χ2v) is 10.1. The van der Waals surface area contributed by atoms with Crippen molar-refractivity contribution in [3.05, 3.63) is 28.2 Å².